The van der Waals surface area contributed by atoms with Crippen LogP contribution in [0, 0.1) is 18.6 Å². The molecule has 0 atom stereocenters. The third kappa shape index (κ3) is 4.95. The van der Waals surface area contributed by atoms with Crippen LogP contribution in [0.15, 0.2) is 46.3 Å². The van der Waals surface area contributed by atoms with E-state index in [1.165, 1.54) is 30.0 Å². The first-order chi connectivity index (χ1) is 13.9. The lowest BCUT2D eigenvalue weighted by molar-refractivity contribution is 0.393. The Balaban J connectivity index is 1.85. The van der Waals surface area contributed by atoms with E-state index in [-0.39, 0.29) is 17.5 Å². The average molecular weight is 418 g/mol. The summed E-state index contributed by atoms with van der Waals surface area (Å²) in [6.45, 7) is 1.58. The first kappa shape index (κ1) is 20.9. The molecule has 0 bridgehead atoms. The van der Waals surface area contributed by atoms with E-state index in [4.69, 9.17) is 9.47 Å². The second-order valence-corrected chi connectivity index (χ2v) is 7.29. The van der Waals surface area contributed by atoms with Crippen molar-refractivity contribution in [3.63, 3.8) is 0 Å². The molecule has 2 aromatic carbocycles. The fraction of sp³-hybridized carbons (Fsp3) is 0.238. The molecule has 0 aliphatic heterocycles. The Kier molecular flexibility index (Phi) is 6.53. The fourth-order valence-corrected chi connectivity index (χ4v) is 3.58. The molecule has 0 radical (unpaired) electrons. The molecule has 0 saturated carbocycles. The van der Waals surface area contributed by atoms with Crippen molar-refractivity contribution in [3.8, 4) is 11.5 Å². The van der Waals surface area contributed by atoms with E-state index in [1.54, 1.807) is 27.2 Å². The Bertz CT molecular complexity index is 1040. The number of ether oxygens (including phenoxy) is 2. The van der Waals surface area contributed by atoms with Gasteiger partial charge in [-0.3, -0.25) is 4.79 Å². The number of nitrogens with one attached hydrogen (secondary N) is 1. The minimum Gasteiger partial charge on any atom is -0.497 e. The van der Waals surface area contributed by atoms with E-state index >= 15 is 0 Å². The van der Waals surface area contributed by atoms with Crippen molar-refractivity contribution in [2.45, 2.75) is 24.3 Å². The smallest absolute Gasteiger partial charge is 0.254 e. The molecule has 3 rings (SSSR count). The van der Waals surface area contributed by atoms with Crippen molar-refractivity contribution in [2.75, 3.05) is 14.2 Å². The van der Waals surface area contributed by atoms with Gasteiger partial charge in [-0.2, -0.15) is 0 Å². The van der Waals surface area contributed by atoms with Crippen molar-refractivity contribution < 1.29 is 18.3 Å². The summed E-state index contributed by atoms with van der Waals surface area (Å²) in [7, 11) is 3.14. The van der Waals surface area contributed by atoms with Gasteiger partial charge >= 0.3 is 0 Å². The number of aromatic amines is 1. The van der Waals surface area contributed by atoms with E-state index in [2.05, 4.69) is 9.97 Å². The van der Waals surface area contributed by atoms with Gasteiger partial charge in [-0.05, 0) is 36.8 Å². The predicted molar refractivity (Wildman–Crippen MR) is 108 cm³/mol. The molecule has 0 aliphatic carbocycles. The number of H-pyrrole nitrogens is 1. The number of thioether (sulfide) groups is 1. The lowest BCUT2D eigenvalue weighted by Gasteiger charge is -2.10. The number of hydrogen-bond acceptors (Lipinski definition) is 5. The second-order valence-electron chi connectivity index (χ2n) is 6.33. The van der Waals surface area contributed by atoms with Crippen LogP contribution in [0.4, 0.5) is 8.78 Å². The number of nitrogens with zero attached hydrogens (tertiary/aromatic N) is 1. The summed E-state index contributed by atoms with van der Waals surface area (Å²) in [5.74, 6) is 0.475. The Morgan fingerprint density at radius 3 is 2.28 bits per heavy atom. The molecule has 1 N–H and O–H groups in total. The van der Waals surface area contributed by atoms with Crippen LogP contribution in [0.1, 0.15) is 22.4 Å². The number of halogens is 2. The topological polar surface area (TPSA) is 64.2 Å². The SMILES string of the molecule is COc1cc(CSc2nc(Cc3c(F)cccc3F)c(C)c(=O)[nH]2)cc(OC)c1. The standard InChI is InChI=1S/C21H20F2N2O3S/c1-12-19(10-16-17(22)5-4-6-18(16)23)24-21(25-20(12)26)29-11-13-7-14(27-2)9-15(8-13)28-3/h4-9H,10-11H2,1-3H3,(H,24,25,26). The van der Waals surface area contributed by atoms with Gasteiger partial charge in [0.2, 0.25) is 0 Å². The number of methoxy groups -OCH3 is 2. The molecule has 1 heterocycles. The van der Waals surface area contributed by atoms with E-state index in [0.717, 1.165) is 5.56 Å². The largest absolute Gasteiger partial charge is 0.497 e. The highest BCUT2D eigenvalue weighted by molar-refractivity contribution is 7.98. The van der Waals surface area contributed by atoms with E-state index in [9.17, 15) is 13.6 Å². The van der Waals surface area contributed by atoms with Gasteiger partial charge in [0.05, 0.1) is 19.9 Å². The monoisotopic (exact) mass is 418 g/mol. The van der Waals surface area contributed by atoms with Gasteiger partial charge in [0.15, 0.2) is 5.16 Å². The molecular weight excluding hydrogens is 398 g/mol. The van der Waals surface area contributed by atoms with Crippen LogP contribution in [0.25, 0.3) is 0 Å². The Labute approximate surface area is 171 Å². The van der Waals surface area contributed by atoms with Crippen molar-refractivity contribution in [3.05, 3.63) is 80.8 Å². The highest BCUT2D eigenvalue weighted by atomic mass is 32.2. The number of hydrogen-bond donors (Lipinski definition) is 1. The van der Waals surface area contributed by atoms with E-state index in [1.807, 2.05) is 12.1 Å². The molecule has 0 saturated heterocycles. The number of aromatic nitrogens is 2. The van der Waals surface area contributed by atoms with Crippen LogP contribution in [-0.2, 0) is 12.2 Å². The summed E-state index contributed by atoms with van der Waals surface area (Å²) >= 11 is 1.30. The van der Waals surface area contributed by atoms with Crippen molar-refractivity contribution >= 4 is 11.8 Å². The maximum atomic E-state index is 14.0. The van der Waals surface area contributed by atoms with Gasteiger partial charge in [0, 0.05) is 29.4 Å². The Morgan fingerprint density at radius 1 is 1.07 bits per heavy atom. The maximum Gasteiger partial charge on any atom is 0.254 e. The Morgan fingerprint density at radius 2 is 1.69 bits per heavy atom. The molecule has 5 nitrogen and oxygen atoms in total. The molecule has 0 fully saturated rings. The van der Waals surface area contributed by atoms with Crippen LogP contribution in [0.2, 0.25) is 0 Å². The van der Waals surface area contributed by atoms with Crippen LogP contribution in [0.5, 0.6) is 11.5 Å². The normalized spacial score (nSPS) is 10.8. The molecule has 1 aromatic heterocycles. The third-order valence-electron chi connectivity index (χ3n) is 4.42. The van der Waals surface area contributed by atoms with Gasteiger partial charge in [-0.15, -0.1) is 0 Å². The number of benzene rings is 2. The fourth-order valence-electron chi connectivity index (χ4n) is 2.77. The molecule has 0 unspecified atom stereocenters. The van der Waals surface area contributed by atoms with Gasteiger partial charge < -0.3 is 14.5 Å². The molecule has 0 spiro atoms. The van der Waals surface area contributed by atoms with Crippen LogP contribution < -0.4 is 15.0 Å². The molecule has 3 aromatic rings. The van der Waals surface area contributed by atoms with Crippen LogP contribution >= 0.6 is 11.8 Å². The Hall–Kier alpha value is -2.87. The zero-order valence-corrected chi connectivity index (χ0v) is 17.0. The average Bonchev–Trinajstić information content (AvgIpc) is 2.72. The van der Waals surface area contributed by atoms with Gasteiger partial charge in [-0.25, -0.2) is 13.8 Å². The first-order valence-corrected chi connectivity index (χ1v) is 9.77. The van der Waals surface area contributed by atoms with Crippen molar-refractivity contribution in [2.24, 2.45) is 0 Å². The van der Waals surface area contributed by atoms with Crippen LogP contribution in [0.3, 0.4) is 0 Å². The van der Waals surface area contributed by atoms with E-state index < -0.39 is 11.6 Å². The van der Waals surface area contributed by atoms with Gasteiger partial charge in [0.25, 0.3) is 5.56 Å². The molecule has 152 valence electrons. The summed E-state index contributed by atoms with van der Waals surface area (Å²) in [5.41, 5.74) is 1.14. The minimum atomic E-state index is -0.663. The summed E-state index contributed by atoms with van der Waals surface area (Å²) < 4.78 is 38.5. The van der Waals surface area contributed by atoms with Crippen LogP contribution in [-0.4, -0.2) is 24.2 Å². The summed E-state index contributed by atoms with van der Waals surface area (Å²) in [6.07, 6.45) is -0.102. The highest BCUT2D eigenvalue weighted by Gasteiger charge is 2.15. The second kappa shape index (κ2) is 9.09. The molecule has 0 amide bonds. The highest BCUT2D eigenvalue weighted by Crippen LogP contribution is 2.27. The maximum absolute atomic E-state index is 14.0. The molecule has 29 heavy (non-hydrogen) atoms. The lowest BCUT2D eigenvalue weighted by atomic mass is 10.1. The lowest BCUT2D eigenvalue weighted by Crippen LogP contribution is -2.16. The van der Waals surface area contributed by atoms with Gasteiger partial charge in [-0.1, -0.05) is 17.8 Å². The number of rotatable bonds is 7. The zero-order valence-electron chi connectivity index (χ0n) is 16.2. The molecule has 8 heteroatoms. The van der Waals surface area contributed by atoms with Crippen molar-refractivity contribution in [1.82, 2.24) is 9.97 Å². The van der Waals surface area contributed by atoms with E-state index in [0.29, 0.717) is 33.7 Å². The molecule has 0 aliphatic rings. The van der Waals surface area contributed by atoms with Crippen molar-refractivity contribution in [1.29, 1.82) is 0 Å². The quantitative estimate of drug-likeness (QED) is 0.459. The first-order valence-electron chi connectivity index (χ1n) is 8.78. The minimum absolute atomic E-state index is 0.102. The summed E-state index contributed by atoms with van der Waals surface area (Å²) in [4.78, 5) is 19.4. The summed E-state index contributed by atoms with van der Waals surface area (Å²) in [5, 5.41) is 0.370. The molecular formula is C21H20F2N2O3S. The zero-order chi connectivity index (χ0) is 21.0. The third-order valence-corrected chi connectivity index (χ3v) is 5.37. The summed E-state index contributed by atoms with van der Waals surface area (Å²) in [6, 6.07) is 9.16. The predicted octanol–water partition coefficient (Wildman–Crippen LogP) is 4.26. The van der Waals surface area contributed by atoms with Gasteiger partial charge in [0.1, 0.15) is 23.1 Å².